The van der Waals surface area contributed by atoms with Gasteiger partial charge in [0.1, 0.15) is 5.15 Å². The van der Waals surface area contributed by atoms with Gasteiger partial charge in [0.25, 0.3) is 5.91 Å². The molecule has 0 radical (unpaired) electrons. The van der Waals surface area contributed by atoms with E-state index in [-0.39, 0.29) is 11.1 Å². The van der Waals surface area contributed by atoms with Crippen LogP contribution in [0, 0.1) is 0 Å². The second kappa shape index (κ2) is 6.86. The van der Waals surface area contributed by atoms with E-state index in [4.69, 9.17) is 16.3 Å². The molecule has 0 aromatic carbocycles. The van der Waals surface area contributed by atoms with Gasteiger partial charge in [0.05, 0.1) is 6.61 Å². The van der Waals surface area contributed by atoms with Gasteiger partial charge in [-0.15, -0.1) is 0 Å². The molecule has 0 saturated heterocycles. The summed E-state index contributed by atoms with van der Waals surface area (Å²) < 4.78 is 5.40. The van der Waals surface area contributed by atoms with Crippen molar-refractivity contribution in [3.63, 3.8) is 0 Å². The summed E-state index contributed by atoms with van der Waals surface area (Å²) in [6, 6.07) is 6.78. The van der Waals surface area contributed by atoms with Crippen molar-refractivity contribution in [3.05, 3.63) is 52.9 Å². The molecule has 0 saturated carbocycles. The van der Waals surface area contributed by atoms with Crippen molar-refractivity contribution in [2.75, 3.05) is 6.61 Å². The molecular weight excluding hydrogens is 278 g/mol. The van der Waals surface area contributed by atoms with Gasteiger partial charge in [0.2, 0.25) is 5.88 Å². The molecule has 0 unspecified atom stereocenters. The van der Waals surface area contributed by atoms with Gasteiger partial charge in [-0.05, 0) is 25.1 Å². The third-order valence-electron chi connectivity index (χ3n) is 2.56. The SMILES string of the molecule is CCOc1ncccc1CNC(=O)c1ccnc(Cl)c1. The first-order valence-corrected chi connectivity index (χ1v) is 6.55. The number of ether oxygens (including phenoxy) is 1. The van der Waals surface area contributed by atoms with E-state index in [2.05, 4.69) is 15.3 Å². The molecule has 2 aromatic rings. The van der Waals surface area contributed by atoms with Crippen LogP contribution in [-0.4, -0.2) is 22.5 Å². The fourth-order valence-electron chi connectivity index (χ4n) is 1.65. The molecule has 6 heteroatoms. The van der Waals surface area contributed by atoms with Crippen LogP contribution in [0.2, 0.25) is 5.15 Å². The number of hydrogen-bond donors (Lipinski definition) is 1. The number of nitrogens with zero attached hydrogens (tertiary/aromatic N) is 2. The van der Waals surface area contributed by atoms with Crippen LogP contribution in [0.1, 0.15) is 22.8 Å². The van der Waals surface area contributed by atoms with Gasteiger partial charge in [0.15, 0.2) is 0 Å². The minimum atomic E-state index is -0.222. The Hall–Kier alpha value is -2.14. The van der Waals surface area contributed by atoms with E-state index in [0.29, 0.717) is 24.6 Å². The van der Waals surface area contributed by atoms with Crippen LogP contribution in [0.4, 0.5) is 0 Å². The number of aromatic nitrogens is 2. The fourth-order valence-corrected chi connectivity index (χ4v) is 1.82. The van der Waals surface area contributed by atoms with Crippen LogP contribution in [-0.2, 0) is 6.54 Å². The Kier molecular flexibility index (Phi) is 4.90. The molecule has 104 valence electrons. The van der Waals surface area contributed by atoms with E-state index in [9.17, 15) is 4.79 Å². The summed E-state index contributed by atoms with van der Waals surface area (Å²) in [6.45, 7) is 2.75. The zero-order valence-electron chi connectivity index (χ0n) is 11.0. The smallest absolute Gasteiger partial charge is 0.251 e. The molecule has 20 heavy (non-hydrogen) atoms. The van der Waals surface area contributed by atoms with Crippen LogP contribution in [0.3, 0.4) is 0 Å². The van der Waals surface area contributed by atoms with Crippen molar-refractivity contribution in [1.82, 2.24) is 15.3 Å². The van der Waals surface area contributed by atoms with Gasteiger partial charge in [-0.3, -0.25) is 4.79 Å². The Morgan fingerprint density at radius 3 is 2.95 bits per heavy atom. The average Bonchev–Trinajstić information content (AvgIpc) is 2.46. The highest BCUT2D eigenvalue weighted by molar-refractivity contribution is 6.29. The molecule has 2 rings (SSSR count). The predicted octanol–water partition coefficient (Wildman–Crippen LogP) is 2.46. The Morgan fingerprint density at radius 2 is 2.20 bits per heavy atom. The average molecular weight is 292 g/mol. The number of carbonyl (C=O) groups excluding carboxylic acids is 1. The number of nitrogens with one attached hydrogen (secondary N) is 1. The first-order valence-electron chi connectivity index (χ1n) is 6.17. The quantitative estimate of drug-likeness (QED) is 0.860. The largest absolute Gasteiger partial charge is 0.478 e. The van der Waals surface area contributed by atoms with Crippen LogP contribution < -0.4 is 10.1 Å². The predicted molar refractivity (Wildman–Crippen MR) is 75.8 cm³/mol. The van der Waals surface area contributed by atoms with Gasteiger partial charge in [0, 0.05) is 30.1 Å². The summed E-state index contributed by atoms with van der Waals surface area (Å²) in [4.78, 5) is 19.9. The highest BCUT2D eigenvalue weighted by Gasteiger charge is 2.09. The van der Waals surface area contributed by atoms with E-state index in [0.717, 1.165) is 5.56 Å². The van der Waals surface area contributed by atoms with E-state index < -0.39 is 0 Å². The summed E-state index contributed by atoms with van der Waals surface area (Å²) >= 11 is 5.75. The highest BCUT2D eigenvalue weighted by Crippen LogP contribution is 2.14. The third kappa shape index (κ3) is 3.68. The molecule has 0 atom stereocenters. The van der Waals surface area contributed by atoms with E-state index in [1.165, 1.54) is 12.3 Å². The number of halogens is 1. The lowest BCUT2D eigenvalue weighted by atomic mass is 10.2. The lowest BCUT2D eigenvalue weighted by Crippen LogP contribution is -2.23. The molecule has 0 aliphatic rings. The van der Waals surface area contributed by atoms with Crippen LogP contribution >= 0.6 is 11.6 Å². The molecule has 1 N–H and O–H groups in total. The van der Waals surface area contributed by atoms with E-state index in [1.807, 2.05) is 13.0 Å². The van der Waals surface area contributed by atoms with Gasteiger partial charge in [-0.2, -0.15) is 0 Å². The molecule has 0 aliphatic carbocycles. The molecule has 2 aromatic heterocycles. The molecule has 0 fully saturated rings. The molecule has 0 aliphatic heterocycles. The van der Waals surface area contributed by atoms with Gasteiger partial charge in [-0.25, -0.2) is 9.97 Å². The lowest BCUT2D eigenvalue weighted by Gasteiger charge is -2.09. The normalized spacial score (nSPS) is 10.1. The first-order chi connectivity index (χ1) is 9.70. The number of pyridine rings is 2. The first kappa shape index (κ1) is 14.3. The van der Waals surface area contributed by atoms with Crippen molar-refractivity contribution >= 4 is 17.5 Å². The van der Waals surface area contributed by atoms with Crippen molar-refractivity contribution in [2.45, 2.75) is 13.5 Å². The van der Waals surface area contributed by atoms with E-state index >= 15 is 0 Å². The van der Waals surface area contributed by atoms with Crippen LogP contribution in [0.25, 0.3) is 0 Å². The van der Waals surface area contributed by atoms with E-state index in [1.54, 1.807) is 18.3 Å². The summed E-state index contributed by atoms with van der Waals surface area (Å²) in [5.41, 5.74) is 1.29. The molecule has 0 bridgehead atoms. The standard InChI is InChI=1S/C14H14ClN3O2/c1-2-20-14-11(4-3-6-17-14)9-18-13(19)10-5-7-16-12(15)8-10/h3-8H,2,9H2,1H3,(H,18,19). The maximum Gasteiger partial charge on any atom is 0.251 e. The minimum absolute atomic E-state index is 0.222. The van der Waals surface area contributed by atoms with Crippen molar-refractivity contribution in [1.29, 1.82) is 0 Å². The number of carbonyl (C=O) groups is 1. The monoisotopic (exact) mass is 291 g/mol. The fraction of sp³-hybridized carbons (Fsp3) is 0.214. The summed E-state index contributed by atoms with van der Waals surface area (Å²) in [5.74, 6) is 0.309. The second-order valence-corrected chi connectivity index (χ2v) is 4.34. The van der Waals surface area contributed by atoms with Gasteiger partial charge < -0.3 is 10.1 Å². The zero-order valence-corrected chi connectivity index (χ0v) is 11.7. The Balaban J connectivity index is 2.03. The summed E-state index contributed by atoms with van der Waals surface area (Å²) in [7, 11) is 0. The molecule has 0 spiro atoms. The van der Waals surface area contributed by atoms with Gasteiger partial charge >= 0.3 is 0 Å². The number of rotatable bonds is 5. The number of amides is 1. The molecule has 1 amide bonds. The minimum Gasteiger partial charge on any atom is -0.478 e. The van der Waals surface area contributed by atoms with Crippen LogP contribution in [0.5, 0.6) is 5.88 Å². The second-order valence-electron chi connectivity index (χ2n) is 3.95. The van der Waals surface area contributed by atoms with Crippen molar-refractivity contribution < 1.29 is 9.53 Å². The Morgan fingerprint density at radius 1 is 1.35 bits per heavy atom. The Bertz CT molecular complexity index is 604. The number of hydrogen-bond acceptors (Lipinski definition) is 4. The maximum absolute atomic E-state index is 12.0. The Labute approximate surface area is 122 Å². The topological polar surface area (TPSA) is 64.1 Å². The van der Waals surface area contributed by atoms with Crippen molar-refractivity contribution in [3.8, 4) is 5.88 Å². The maximum atomic E-state index is 12.0. The van der Waals surface area contributed by atoms with Crippen LogP contribution in [0.15, 0.2) is 36.7 Å². The zero-order chi connectivity index (χ0) is 14.4. The van der Waals surface area contributed by atoms with Crippen molar-refractivity contribution in [2.24, 2.45) is 0 Å². The van der Waals surface area contributed by atoms with Gasteiger partial charge in [-0.1, -0.05) is 17.7 Å². The highest BCUT2D eigenvalue weighted by atomic mass is 35.5. The molecule has 2 heterocycles. The molecular formula is C14H14ClN3O2. The lowest BCUT2D eigenvalue weighted by molar-refractivity contribution is 0.0950. The summed E-state index contributed by atoms with van der Waals surface area (Å²) in [5, 5.41) is 3.08. The third-order valence-corrected chi connectivity index (χ3v) is 2.77. The summed E-state index contributed by atoms with van der Waals surface area (Å²) in [6.07, 6.45) is 3.14. The molecule has 5 nitrogen and oxygen atoms in total.